The van der Waals surface area contributed by atoms with Crippen LogP contribution < -0.4 is 10.6 Å². The molecule has 0 amide bonds. The van der Waals surface area contributed by atoms with Crippen molar-refractivity contribution < 1.29 is 0 Å². The minimum Gasteiger partial charge on any atom is -0.360 e. The van der Waals surface area contributed by atoms with Gasteiger partial charge in [0.1, 0.15) is 0 Å². The van der Waals surface area contributed by atoms with E-state index in [1.54, 1.807) is 0 Å². The molecule has 0 saturated heterocycles. The van der Waals surface area contributed by atoms with E-state index in [0.29, 0.717) is 0 Å². The van der Waals surface area contributed by atoms with Gasteiger partial charge >= 0.3 is 0 Å². The van der Waals surface area contributed by atoms with Crippen molar-refractivity contribution >= 4 is 22.5 Å². The van der Waals surface area contributed by atoms with Crippen molar-refractivity contribution in [1.29, 1.82) is 0 Å². The van der Waals surface area contributed by atoms with Gasteiger partial charge in [0.05, 0.1) is 16.7 Å². The third kappa shape index (κ3) is 0.885. The molecule has 2 aromatic heterocycles. The first-order valence-corrected chi connectivity index (χ1v) is 4.10. The van der Waals surface area contributed by atoms with Gasteiger partial charge in [-0.25, -0.2) is 4.98 Å². The molecule has 0 atom stereocenters. The highest BCUT2D eigenvalue weighted by Gasteiger charge is 2.07. The summed E-state index contributed by atoms with van der Waals surface area (Å²) in [6, 6.07) is 3.99. The van der Waals surface area contributed by atoms with Gasteiger partial charge < -0.3 is 15.6 Å². The second kappa shape index (κ2) is 2.26. The van der Waals surface area contributed by atoms with Crippen LogP contribution in [0.15, 0.2) is 30.7 Å². The molecule has 0 unspecified atom stereocenters. The number of pyridine rings is 1. The molecule has 2 aromatic rings. The Bertz CT molecular complexity index is 441. The number of fused-ring (bicyclic) bond motifs is 2. The number of aromatic amines is 1. The lowest BCUT2D eigenvalue weighted by atomic mass is 10.3. The van der Waals surface area contributed by atoms with Crippen LogP contribution in [-0.2, 0) is 0 Å². The lowest BCUT2D eigenvalue weighted by Gasteiger charge is -2.12. The molecule has 4 heteroatoms. The van der Waals surface area contributed by atoms with Crippen molar-refractivity contribution in [3.05, 3.63) is 30.7 Å². The third-order valence-corrected chi connectivity index (χ3v) is 2.07. The maximum Gasteiger partial charge on any atom is 0.154 e. The molecule has 13 heavy (non-hydrogen) atoms. The molecule has 0 spiro atoms. The van der Waals surface area contributed by atoms with E-state index in [-0.39, 0.29) is 0 Å². The Morgan fingerprint density at radius 3 is 3.08 bits per heavy atom. The fourth-order valence-electron chi connectivity index (χ4n) is 1.45. The Labute approximate surface area is 74.7 Å². The van der Waals surface area contributed by atoms with Gasteiger partial charge in [-0.2, -0.15) is 0 Å². The first kappa shape index (κ1) is 6.54. The maximum atomic E-state index is 4.42. The van der Waals surface area contributed by atoms with E-state index < -0.39 is 0 Å². The Morgan fingerprint density at radius 2 is 2.08 bits per heavy atom. The maximum absolute atomic E-state index is 4.42. The lowest BCUT2D eigenvalue weighted by Crippen LogP contribution is -2.03. The van der Waals surface area contributed by atoms with E-state index >= 15 is 0 Å². The zero-order valence-corrected chi connectivity index (χ0v) is 6.83. The SMILES string of the molecule is C1=CNc2nc3cc[nH]c3cc2N1. The summed E-state index contributed by atoms with van der Waals surface area (Å²) >= 11 is 0. The predicted octanol–water partition coefficient (Wildman–Crippen LogP) is 1.87. The van der Waals surface area contributed by atoms with Gasteiger partial charge in [0, 0.05) is 18.6 Å². The van der Waals surface area contributed by atoms with E-state index in [1.165, 1.54) is 0 Å². The average Bonchev–Trinajstić information content (AvgIpc) is 2.61. The minimum atomic E-state index is 0.870. The molecule has 1 aliphatic rings. The molecule has 4 nitrogen and oxygen atoms in total. The molecule has 3 N–H and O–H groups in total. The van der Waals surface area contributed by atoms with Crippen LogP contribution in [-0.4, -0.2) is 9.97 Å². The number of nitrogens with one attached hydrogen (secondary N) is 3. The molecule has 64 valence electrons. The fraction of sp³-hybridized carbons (Fsp3) is 0. The van der Waals surface area contributed by atoms with Crippen molar-refractivity contribution in [2.45, 2.75) is 0 Å². The average molecular weight is 172 g/mol. The van der Waals surface area contributed by atoms with Crippen LogP contribution in [0.5, 0.6) is 0 Å². The van der Waals surface area contributed by atoms with Crippen molar-refractivity contribution in [1.82, 2.24) is 9.97 Å². The number of hydrogen-bond acceptors (Lipinski definition) is 3. The van der Waals surface area contributed by atoms with E-state index in [1.807, 2.05) is 30.7 Å². The van der Waals surface area contributed by atoms with E-state index in [4.69, 9.17) is 0 Å². The molecule has 3 rings (SSSR count). The number of hydrogen-bond donors (Lipinski definition) is 3. The number of H-pyrrole nitrogens is 1. The molecule has 1 aliphatic heterocycles. The Balaban J connectivity index is 2.31. The highest BCUT2D eigenvalue weighted by molar-refractivity contribution is 5.85. The lowest BCUT2D eigenvalue weighted by molar-refractivity contribution is 1.33. The normalized spacial score (nSPS) is 13.5. The van der Waals surface area contributed by atoms with E-state index in [2.05, 4.69) is 20.6 Å². The van der Waals surface area contributed by atoms with Gasteiger partial charge in [-0.05, 0) is 12.1 Å². The van der Waals surface area contributed by atoms with Crippen LogP contribution in [0.3, 0.4) is 0 Å². The zero-order chi connectivity index (χ0) is 8.67. The van der Waals surface area contributed by atoms with Crippen LogP contribution >= 0.6 is 0 Å². The number of anilines is 2. The molecule has 0 radical (unpaired) electrons. The summed E-state index contributed by atoms with van der Waals surface area (Å²) in [4.78, 5) is 7.53. The summed E-state index contributed by atoms with van der Waals surface area (Å²) in [7, 11) is 0. The van der Waals surface area contributed by atoms with Crippen LogP contribution in [0.2, 0.25) is 0 Å². The quantitative estimate of drug-likeness (QED) is 0.568. The summed E-state index contributed by atoms with van der Waals surface area (Å²) in [5.74, 6) is 0.870. The van der Waals surface area contributed by atoms with Gasteiger partial charge in [-0.15, -0.1) is 0 Å². The predicted molar refractivity (Wildman–Crippen MR) is 52.5 cm³/mol. The van der Waals surface area contributed by atoms with Crippen LogP contribution in [0.25, 0.3) is 11.0 Å². The Morgan fingerprint density at radius 1 is 1.15 bits per heavy atom. The summed E-state index contributed by atoms with van der Waals surface area (Å²) < 4.78 is 0. The van der Waals surface area contributed by atoms with E-state index in [0.717, 1.165) is 22.5 Å². The van der Waals surface area contributed by atoms with Gasteiger partial charge in [-0.3, -0.25) is 0 Å². The molecular weight excluding hydrogens is 164 g/mol. The molecule has 0 bridgehead atoms. The molecule has 0 aliphatic carbocycles. The number of aromatic nitrogens is 2. The fourth-order valence-corrected chi connectivity index (χ4v) is 1.45. The molecular formula is C9H8N4. The Kier molecular flexibility index (Phi) is 1.14. The van der Waals surface area contributed by atoms with Crippen LogP contribution in [0.1, 0.15) is 0 Å². The third-order valence-electron chi connectivity index (χ3n) is 2.07. The van der Waals surface area contributed by atoms with Crippen LogP contribution in [0.4, 0.5) is 11.5 Å². The first-order chi connectivity index (χ1) is 6.43. The second-order valence-corrected chi connectivity index (χ2v) is 2.92. The topological polar surface area (TPSA) is 52.7 Å². The van der Waals surface area contributed by atoms with Gasteiger partial charge in [0.2, 0.25) is 0 Å². The zero-order valence-electron chi connectivity index (χ0n) is 6.83. The van der Waals surface area contributed by atoms with Crippen molar-refractivity contribution in [2.75, 3.05) is 10.6 Å². The standard InChI is InChI=1S/C9H8N4/c1-2-10-7-5-8-9(13-6(1)7)12-4-3-11-8/h1-5,10-11H,(H,12,13). The second-order valence-electron chi connectivity index (χ2n) is 2.92. The van der Waals surface area contributed by atoms with Gasteiger partial charge in [0.15, 0.2) is 5.82 Å². The summed E-state index contributed by atoms with van der Waals surface area (Å²) in [6.07, 6.45) is 5.56. The van der Waals surface area contributed by atoms with Crippen molar-refractivity contribution in [3.8, 4) is 0 Å². The smallest absolute Gasteiger partial charge is 0.154 e. The monoisotopic (exact) mass is 172 g/mol. The number of nitrogens with zero attached hydrogens (tertiary/aromatic N) is 1. The minimum absolute atomic E-state index is 0.870. The largest absolute Gasteiger partial charge is 0.360 e. The summed E-state index contributed by atoms with van der Waals surface area (Å²) in [6.45, 7) is 0. The molecule has 3 heterocycles. The highest BCUT2D eigenvalue weighted by Crippen LogP contribution is 2.25. The highest BCUT2D eigenvalue weighted by atomic mass is 15.1. The molecule has 0 saturated carbocycles. The summed E-state index contributed by atoms with van der Waals surface area (Å²) in [5, 5.41) is 6.20. The summed E-state index contributed by atoms with van der Waals surface area (Å²) in [5.41, 5.74) is 3.02. The number of rotatable bonds is 0. The van der Waals surface area contributed by atoms with E-state index in [9.17, 15) is 0 Å². The Hall–Kier alpha value is -1.97. The molecule has 0 aromatic carbocycles. The molecule has 0 fully saturated rings. The van der Waals surface area contributed by atoms with Gasteiger partial charge in [-0.1, -0.05) is 0 Å². The van der Waals surface area contributed by atoms with Crippen LogP contribution in [0, 0.1) is 0 Å². The van der Waals surface area contributed by atoms with Gasteiger partial charge in [0.25, 0.3) is 0 Å². The van der Waals surface area contributed by atoms with Crippen molar-refractivity contribution in [2.24, 2.45) is 0 Å². The van der Waals surface area contributed by atoms with Crippen molar-refractivity contribution in [3.63, 3.8) is 0 Å². The first-order valence-electron chi connectivity index (χ1n) is 4.10.